The van der Waals surface area contributed by atoms with E-state index >= 15 is 0 Å². The SMILES string of the molecule is COc1ccc(CCNC(=O)c2cc(N(C)Cc3ccccc3)ncn2)cc1. The lowest BCUT2D eigenvalue weighted by atomic mass is 10.1. The zero-order valence-corrected chi connectivity index (χ0v) is 16.1. The number of hydrogen-bond donors (Lipinski definition) is 1. The molecule has 1 aromatic heterocycles. The average molecular weight is 376 g/mol. The van der Waals surface area contributed by atoms with Crippen molar-refractivity contribution in [1.29, 1.82) is 0 Å². The van der Waals surface area contributed by atoms with Gasteiger partial charge >= 0.3 is 0 Å². The summed E-state index contributed by atoms with van der Waals surface area (Å²) in [4.78, 5) is 22.8. The van der Waals surface area contributed by atoms with Crippen LogP contribution in [0.5, 0.6) is 5.75 Å². The number of nitrogens with one attached hydrogen (secondary N) is 1. The summed E-state index contributed by atoms with van der Waals surface area (Å²) >= 11 is 0. The van der Waals surface area contributed by atoms with E-state index < -0.39 is 0 Å². The summed E-state index contributed by atoms with van der Waals surface area (Å²) in [5.41, 5.74) is 2.67. The molecule has 0 fully saturated rings. The summed E-state index contributed by atoms with van der Waals surface area (Å²) < 4.78 is 5.15. The lowest BCUT2D eigenvalue weighted by molar-refractivity contribution is 0.0949. The van der Waals surface area contributed by atoms with Crippen LogP contribution in [0.25, 0.3) is 0 Å². The smallest absolute Gasteiger partial charge is 0.270 e. The largest absolute Gasteiger partial charge is 0.497 e. The minimum absolute atomic E-state index is 0.203. The van der Waals surface area contributed by atoms with Crippen LogP contribution in [0, 0.1) is 0 Å². The Morgan fingerprint density at radius 3 is 2.50 bits per heavy atom. The molecule has 2 aromatic carbocycles. The molecule has 28 heavy (non-hydrogen) atoms. The van der Waals surface area contributed by atoms with Crippen molar-refractivity contribution in [3.8, 4) is 5.75 Å². The molecule has 0 aliphatic rings. The van der Waals surface area contributed by atoms with Crippen molar-refractivity contribution in [2.24, 2.45) is 0 Å². The molecule has 144 valence electrons. The first-order chi connectivity index (χ1) is 13.7. The van der Waals surface area contributed by atoms with Gasteiger partial charge in [0.15, 0.2) is 0 Å². The Labute approximate surface area is 165 Å². The fourth-order valence-corrected chi connectivity index (χ4v) is 2.82. The number of nitrogens with zero attached hydrogens (tertiary/aromatic N) is 3. The standard InChI is InChI=1S/C22H24N4O2/c1-26(15-18-6-4-3-5-7-18)21-14-20(24-16-25-21)22(27)23-13-12-17-8-10-19(28-2)11-9-17/h3-11,14,16H,12-13,15H2,1-2H3,(H,23,27). The molecule has 0 saturated heterocycles. The number of methoxy groups -OCH3 is 1. The fraction of sp³-hybridized carbons (Fsp3) is 0.227. The molecule has 0 bridgehead atoms. The Morgan fingerprint density at radius 1 is 1.04 bits per heavy atom. The minimum Gasteiger partial charge on any atom is -0.497 e. The van der Waals surface area contributed by atoms with E-state index in [1.807, 2.05) is 54.4 Å². The molecule has 1 N–H and O–H groups in total. The van der Waals surface area contributed by atoms with E-state index in [1.165, 1.54) is 11.9 Å². The van der Waals surface area contributed by atoms with Crippen molar-refractivity contribution in [2.75, 3.05) is 25.6 Å². The van der Waals surface area contributed by atoms with Crippen LogP contribution in [0.3, 0.4) is 0 Å². The molecule has 0 atom stereocenters. The van der Waals surface area contributed by atoms with Gasteiger partial charge in [0.25, 0.3) is 5.91 Å². The second-order valence-corrected chi connectivity index (χ2v) is 6.46. The van der Waals surface area contributed by atoms with Gasteiger partial charge in [0.2, 0.25) is 0 Å². The van der Waals surface area contributed by atoms with Crippen LogP contribution in [0.2, 0.25) is 0 Å². The third-order valence-corrected chi connectivity index (χ3v) is 4.40. The number of rotatable bonds is 8. The van der Waals surface area contributed by atoms with E-state index in [0.717, 1.165) is 17.7 Å². The van der Waals surface area contributed by atoms with Crippen LogP contribution in [-0.2, 0) is 13.0 Å². The van der Waals surface area contributed by atoms with Crippen molar-refractivity contribution in [3.05, 3.63) is 83.8 Å². The van der Waals surface area contributed by atoms with Gasteiger partial charge < -0.3 is 15.0 Å². The highest BCUT2D eigenvalue weighted by Crippen LogP contribution is 2.13. The maximum absolute atomic E-state index is 12.4. The number of carbonyl (C=O) groups excluding carboxylic acids is 1. The van der Waals surface area contributed by atoms with Crippen LogP contribution in [0.15, 0.2) is 67.0 Å². The van der Waals surface area contributed by atoms with Crippen LogP contribution in [0.1, 0.15) is 21.6 Å². The molecular formula is C22H24N4O2. The van der Waals surface area contributed by atoms with Crippen LogP contribution >= 0.6 is 0 Å². The number of aromatic nitrogens is 2. The Kier molecular flexibility index (Phi) is 6.57. The van der Waals surface area contributed by atoms with Gasteiger partial charge in [-0.3, -0.25) is 4.79 Å². The molecule has 0 saturated carbocycles. The Balaban J connectivity index is 1.55. The Hall–Kier alpha value is -3.41. The molecule has 1 amide bonds. The van der Waals surface area contributed by atoms with Gasteiger partial charge in [-0.2, -0.15) is 0 Å². The molecule has 1 heterocycles. The summed E-state index contributed by atoms with van der Waals surface area (Å²) in [7, 11) is 3.59. The zero-order valence-electron chi connectivity index (χ0n) is 16.1. The Bertz CT molecular complexity index is 898. The third kappa shape index (κ3) is 5.30. The second-order valence-electron chi connectivity index (χ2n) is 6.46. The molecule has 3 rings (SSSR count). The van der Waals surface area contributed by atoms with Crippen LogP contribution in [0.4, 0.5) is 5.82 Å². The normalized spacial score (nSPS) is 10.4. The van der Waals surface area contributed by atoms with E-state index in [1.54, 1.807) is 13.2 Å². The third-order valence-electron chi connectivity index (χ3n) is 4.40. The number of hydrogen-bond acceptors (Lipinski definition) is 5. The van der Waals surface area contributed by atoms with Crippen LogP contribution < -0.4 is 15.0 Å². The molecule has 0 aliphatic heterocycles. The van der Waals surface area contributed by atoms with Gasteiger partial charge in [-0.25, -0.2) is 9.97 Å². The van der Waals surface area contributed by atoms with Gasteiger partial charge in [-0.1, -0.05) is 42.5 Å². The maximum Gasteiger partial charge on any atom is 0.270 e. The summed E-state index contributed by atoms with van der Waals surface area (Å²) in [6.07, 6.45) is 2.16. The number of anilines is 1. The summed E-state index contributed by atoms with van der Waals surface area (Å²) in [5, 5.41) is 2.91. The highest BCUT2D eigenvalue weighted by molar-refractivity contribution is 5.92. The number of ether oxygens (including phenoxy) is 1. The van der Waals surface area contributed by atoms with Crippen molar-refractivity contribution >= 4 is 11.7 Å². The zero-order chi connectivity index (χ0) is 19.8. The fourth-order valence-electron chi connectivity index (χ4n) is 2.82. The van der Waals surface area contributed by atoms with Gasteiger partial charge in [0.05, 0.1) is 7.11 Å². The first kappa shape index (κ1) is 19.4. The number of benzene rings is 2. The average Bonchev–Trinajstić information content (AvgIpc) is 2.75. The predicted molar refractivity (Wildman–Crippen MR) is 110 cm³/mol. The van der Waals surface area contributed by atoms with Gasteiger partial charge in [0, 0.05) is 26.2 Å². The first-order valence-corrected chi connectivity index (χ1v) is 9.14. The summed E-state index contributed by atoms with van der Waals surface area (Å²) in [6.45, 7) is 1.24. The highest BCUT2D eigenvalue weighted by Gasteiger charge is 2.11. The van der Waals surface area contributed by atoms with E-state index in [-0.39, 0.29) is 5.91 Å². The monoisotopic (exact) mass is 376 g/mol. The predicted octanol–water partition coefficient (Wildman–Crippen LogP) is 3.09. The van der Waals surface area contributed by atoms with Crippen LogP contribution in [-0.4, -0.2) is 36.6 Å². The lowest BCUT2D eigenvalue weighted by Crippen LogP contribution is -2.27. The molecule has 0 spiro atoms. The number of amides is 1. The molecule has 0 unspecified atom stereocenters. The van der Waals surface area contributed by atoms with Crippen molar-refractivity contribution < 1.29 is 9.53 Å². The molecular weight excluding hydrogens is 352 g/mol. The quantitative estimate of drug-likeness (QED) is 0.654. The molecule has 0 radical (unpaired) electrons. The van der Waals surface area contributed by atoms with E-state index in [4.69, 9.17) is 4.74 Å². The minimum atomic E-state index is -0.203. The number of carbonyl (C=O) groups is 1. The molecule has 6 heteroatoms. The second kappa shape index (κ2) is 9.50. The maximum atomic E-state index is 12.4. The highest BCUT2D eigenvalue weighted by atomic mass is 16.5. The molecule has 3 aromatic rings. The summed E-state index contributed by atoms with van der Waals surface area (Å²) in [5.74, 6) is 1.32. The van der Waals surface area contributed by atoms with E-state index in [2.05, 4.69) is 27.4 Å². The summed E-state index contributed by atoms with van der Waals surface area (Å²) in [6, 6.07) is 19.6. The lowest BCUT2D eigenvalue weighted by Gasteiger charge is -2.18. The van der Waals surface area contributed by atoms with Crippen molar-refractivity contribution in [2.45, 2.75) is 13.0 Å². The van der Waals surface area contributed by atoms with E-state index in [9.17, 15) is 4.79 Å². The Morgan fingerprint density at radius 2 is 1.79 bits per heavy atom. The topological polar surface area (TPSA) is 67.3 Å². The first-order valence-electron chi connectivity index (χ1n) is 9.14. The molecule has 0 aliphatic carbocycles. The molecule has 6 nitrogen and oxygen atoms in total. The van der Waals surface area contributed by atoms with Crippen molar-refractivity contribution in [3.63, 3.8) is 0 Å². The van der Waals surface area contributed by atoms with E-state index in [0.29, 0.717) is 24.6 Å². The van der Waals surface area contributed by atoms with Crippen molar-refractivity contribution in [1.82, 2.24) is 15.3 Å². The van der Waals surface area contributed by atoms with Gasteiger partial charge in [-0.05, 0) is 29.7 Å². The van der Waals surface area contributed by atoms with Gasteiger partial charge in [0.1, 0.15) is 23.6 Å². The van der Waals surface area contributed by atoms with Gasteiger partial charge in [-0.15, -0.1) is 0 Å².